The molecule has 3 aromatic heterocycles. The van der Waals surface area contributed by atoms with Crippen molar-refractivity contribution >= 4 is 138 Å². The van der Waals surface area contributed by atoms with E-state index < -0.39 is 0 Å². The first-order valence-corrected chi connectivity index (χ1v) is 51.9. The van der Waals surface area contributed by atoms with E-state index in [-0.39, 0.29) is 16.2 Å². The van der Waals surface area contributed by atoms with Gasteiger partial charge in [0.15, 0.2) is 0 Å². The second kappa shape index (κ2) is 36.0. The fourth-order valence-corrected chi connectivity index (χ4v) is 24.7. The predicted molar refractivity (Wildman–Crippen MR) is 630 cm³/mol. The molecule has 3 aliphatic carbocycles. The van der Waals surface area contributed by atoms with Crippen molar-refractivity contribution in [3.63, 3.8) is 0 Å². The van der Waals surface area contributed by atoms with Crippen LogP contribution in [0.15, 0.2) is 534 Å². The molecule has 0 unspecified atom stereocenters. The lowest BCUT2D eigenvalue weighted by Gasteiger charge is -2.29. The van der Waals surface area contributed by atoms with Crippen molar-refractivity contribution in [1.29, 1.82) is 0 Å². The zero-order valence-electron chi connectivity index (χ0n) is 84.0. The smallest absolute Gasteiger partial charge is 0.0541 e. The Morgan fingerprint density at radius 2 is 0.423 bits per heavy atom. The van der Waals surface area contributed by atoms with Crippen molar-refractivity contribution in [3.8, 4) is 83.8 Å². The van der Waals surface area contributed by atoms with Crippen molar-refractivity contribution < 1.29 is 0 Å². The first-order chi connectivity index (χ1) is 73.2. The van der Waals surface area contributed by atoms with E-state index in [0.717, 1.165) is 45.5 Å². The standard InChI is InChI=1S/2C49H36N2.C45H34N2/c1-49(2)44-24-11-9-19-39(44)40-29-28-36(32-45(40)49)50(34-15-5-3-6-16-34)46-26-14-22-38-37(21-13-23-41(38)46)33-27-30-48-43(31-33)42-20-10-12-25-47(42)51(48)35-17-7-4-8-18-35;1-49(2)45-19-11-9-17-41(45)42-27-26-40(32-46(42)49)50(37-13-5-3-6-14-37)39-25-23-34-29-33(21-22-35(34)30-39)36-24-28-48-44(31-36)43-18-10-12-20-47(43)51(48)38-15-7-4-8-16-38;1-45(2)40-22-12-9-20-36(40)37-27-26-34(30-41(37)45)46(32-15-5-3-6-16-32)42-23-13-10-19-35(42)31-25-28-44-39(29-31)38-21-11-14-24-43(38)47(44)33-17-7-4-8-18-33/h2*3-32H,1-2H3;3-30H,1-2H3. The molecule has 6 nitrogen and oxygen atoms in total. The highest BCUT2D eigenvalue weighted by Crippen LogP contribution is 2.57. The molecule has 0 aliphatic heterocycles. The third kappa shape index (κ3) is 15.0. The first kappa shape index (κ1) is 89.2. The molecule has 3 aliphatic rings. The van der Waals surface area contributed by atoms with Gasteiger partial charge in [0.05, 0.1) is 44.5 Å². The summed E-state index contributed by atoms with van der Waals surface area (Å²) in [5.41, 5.74) is 44.5. The normalized spacial score (nSPS) is 13.1. The van der Waals surface area contributed by atoms with Gasteiger partial charge in [-0.3, -0.25) is 0 Å². The minimum atomic E-state index is -0.0848. The van der Waals surface area contributed by atoms with Gasteiger partial charge in [-0.05, 0) is 305 Å². The van der Waals surface area contributed by atoms with Crippen LogP contribution in [-0.2, 0) is 16.2 Å². The second-order valence-corrected chi connectivity index (χ2v) is 41.4. The molecule has 149 heavy (non-hydrogen) atoms. The first-order valence-electron chi connectivity index (χ1n) is 51.9. The quantitative estimate of drug-likeness (QED) is 0.102. The van der Waals surface area contributed by atoms with Gasteiger partial charge in [-0.15, -0.1) is 0 Å². The molecule has 6 heteroatoms. The Morgan fingerprint density at radius 3 is 0.872 bits per heavy atom. The average Bonchev–Trinajstić information content (AvgIpc) is 1.49. The molecule has 3 heterocycles. The van der Waals surface area contributed by atoms with Crippen molar-refractivity contribution in [2.45, 2.75) is 57.8 Å². The van der Waals surface area contributed by atoms with E-state index in [1.165, 1.54) is 210 Å². The summed E-state index contributed by atoms with van der Waals surface area (Å²) in [6, 6.07) is 195. The minimum Gasteiger partial charge on any atom is -0.310 e. The van der Waals surface area contributed by atoms with Crippen molar-refractivity contribution in [2.75, 3.05) is 14.7 Å². The molecule has 0 bridgehead atoms. The van der Waals surface area contributed by atoms with E-state index in [4.69, 9.17) is 0 Å². The zero-order valence-corrected chi connectivity index (χ0v) is 84.0. The summed E-state index contributed by atoms with van der Waals surface area (Å²) in [4.78, 5) is 7.25. The maximum atomic E-state index is 2.43. The van der Waals surface area contributed by atoms with Crippen LogP contribution < -0.4 is 14.7 Å². The van der Waals surface area contributed by atoms with Crippen molar-refractivity contribution in [3.05, 3.63) is 567 Å². The molecule has 0 saturated heterocycles. The van der Waals surface area contributed by atoms with Crippen LogP contribution in [0.2, 0.25) is 0 Å². The van der Waals surface area contributed by atoms with Gasteiger partial charge in [0, 0.05) is 116 Å². The topological polar surface area (TPSA) is 24.5 Å². The predicted octanol–water partition coefficient (Wildman–Crippen LogP) is 39.0. The highest BCUT2D eigenvalue weighted by Gasteiger charge is 2.40. The molecule has 29 rings (SSSR count). The lowest BCUT2D eigenvalue weighted by molar-refractivity contribution is 0.660. The number of hydrogen-bond acceptors (Lipinski definition) is 3. The number of para-hydroxylation sites is 10. The molecule has 0 atom stereocenters. The number of rotatable bonds is 15. The van der Waals surface area contributed by atoms with Crippen LogP contribution in [0.4, 0.5) is 51.2 Å². The Hall–Kier alpha value is -18.6. The molecular weight excluding hydrogens is 1800 g/mol. The number of nitrogens with zero attached hydrogens (tertiary/aromatic N) is 6. The molecular formula is C143H106N6. The Morgan fingerprint density at radius 1 is 0.148 bits per heavy atom. The van der Waals surface area contributed by atoms with Crippen molar-refractivity contribution in [1.82, 2.24) is 13.7 Å². The SMILES string of the molecule is CC1(C)c2ccccc2-c2ccc(N(c3ccccc3)c3ccc4cc(-c5ccc6c(c5)c5ccccc5n6-c5ccccc5)ccc4c3)cc21.CC1(C)c2ccccc2-c2ccc(N(c3ccccc3)c3cccc4c(-c5ccc6c(c5)c5ccccc5n6-c5ccccc5)cccc34)cc21.CC1(C)c2ccccc2-c2ccc(N(c3ccccc3)c3ccccc3-c3ccc4c(c3)c3ccccc3n4-c3ccccc3)cc21. The van der Waals surface area contributed by atoms with Crippen LogP contribution in [0.1, 0.15) is 74.9 Å². The maximum Gasteiger partial charge on any atom is 0.0541 e. The van der Waals surface area contributed by atoms with Gasteiger partial charge >= 0.3 is 0 Å². The fourth-order valence-electron chi connectivity index (χ4n) is 24.7. The highest BCUT2D eigenvalue weighted by atomic mass is 15.2. The van der Waals surface area contributed by atoms with Gasteiger partial charge in [-0.25, -0.2) is 0 Å². The monoisotopic (exact) mass is 1910 g/mol. The average molecular weight is 1910 g/mol. The third-order valence-electron chi connectivity index (χ3n) is 31.9. The van der Waals surface area contributed by atoms with Crippen LogP contribution in [0.25, 0.3) is 171 Å². The fraction of sp³-hybridized carbons (Fsp3) is 0.0629. The van der Waals surface area contributed by atoms with E-state index in [1.54, 1.807) is 0 Å². The largest absolute Gasteiger partial charge is 0.310 e. The van der Waals surface area contributed by atoms with E-state index >= 15 is 0 Å². The molecule has 0 saturated carbocycles. The summed E-state index contributed by atoms with van der Waals surface area (Å²) in [6.45, 7) is 14.1. The Balaban J connectivity index is 0.000000110. The summed E-state index contributed by atoms with van der Waals surface area (Å²) in [7, 11) is 0. The molecule has 0 fully saturated rings. The molecule has 0 N–H and O–H groups in total. The van der Waals surface area contributed by atoms with E-state index in [1.807, 2.05) is 0 Å². The van der Waals surface area contributed by atoms with E-state index in [9.17, 15) is 0 Å². The highest BCUT2D eigenvalue weighted by molar-refractivity contribution is 6.15. The van der Waals surface area contributed by atoms with Gasteiger partial charge in [-0.2, -0.15) is 0 Å². The number of aromatic nitrogens is 3. The lowest BCUT2D eigenvalue weighted by Crippen LogP contribution is -2.16. The summed E-state index contributed by atoms with van der Waals surface area (Å²) in [5, 5.41) is 12.4. The zero-order chi connectivity index (χ0) is 99.7. The molecule has 26 aromatic rings. The summed E-state index contributed by atoms with van der Waals surface area (Å²) < 4.78 is 7.13. The van der Waals surface area contributed by atoms with Gasteiger partial charge in [-0.1, -0.05) is 381 Å². The third-order valence-corrected chi connectivity index (χ3v) is 31.9. The van der Waals surface area contributed by atoms with Crippen LogP contribution >= 0.6 is 0 Å². The number of anilines is 9. The van der Waals surface area contributed by atoms with Gasteiger partial charge in [0.25, 0.3) is 0 Å². The van der Waals surface area contributed by atoms with Gasteiger partial charge in [0.2, 0.25) is 0 Å². The second-order valence-electron chi connectivity index (χ2n) is 41.4. The van der Waals surface area contributed by atoms with Crippen molar-refractivity contribution in [2.24, 2.45) is 0 Å². The summed E-state index contributed by atoms with van der Waals surface area (Å²) in [5.74, 6) is 0. The molecule has 0 radical (unpaired) electrons. The van der Waals surface area contributed by atoms with E-state index in [2.05, 4.69) is 604 Å². The number of hydrogen-bond donors (Lipinski definition) is 0. The molecule has 0 amide bonds. The van der Waals surface area contributed by atoms with Crippen LogP contribution in [-0.4, -0.2) is 13.7 Å². The molecule has 0 spiro atoms. The van der Waals surface area contributed by atoms with Crippen LogP contribution in [0.5, 0.6) is 0 Å². The van der Waals surface area contributed by atoms with Gasteiger partial charge < -0.3 is 28.4 Å². The summed E-state index contributed by atoms with van der Waals surface area (Å²) >= 11 is 0. The van der Waals surface area contributed by atoms with E-state index in [0.29, 0.717) is 0 Å². The Bertz CT molecular complexity index is 9750. The molecule has 23 aromatic carbocycles. The minimum absolute atomic E-state index is 0.0659. The lowest BCUT2D eigenvalue weighted by atomic mass is 9.82. The van der Waals surface area contributed by atoms with Gasteiger partial charge in [0.1, 0.15) is 0 Å². The Labute approximate surface area is 869 Å². The number of benzene rings is 23. The van der Waals surface area contributed by atoms with Crippen LogP contribution in [0, 0.1) is 0 Å². The number of fused-ring (bicyclic) bond motifs is 20. The maximum absolute atomic E-state index is 2.43. The van der Waals surface area contributed by atoms with Crippen LogP contribution in [0.3, 0.4) is 0 Å². The summed E-state index contributed by atoms with van der Waals surface area (Å²) in [6.07, 6.45) is 0. The molecule has 708 valence electrons. The Kier molecular flexibility index (Phi) is 21.6.